The number of aromatic nitrogens is 1. The van der Waals surface area contributed by atoms with Crippen molar-refractivity contribution in [3.8, 4) is 0 Å². The molecule has 1 saturated heterocycles. The zero-order valence-corrected chi connectivity index (χ0v) is 14.2. The van der Waals surface area contributed by atoms with Gasteiger partial charge in [-0.15, -0.1) is 0 Å². The smallest absolute Gasteiger partial charge is 0.244 e. The minimum Gasteiger partial charge on any atom is -0.360 e. The zero-order valence-electron chi connectivity index (χ0n) is 14.2. The van der Waals surface area contributed by atoms with Crippen LogP contribution in [0.5, 0.6) is 0 Å². The first-order chi connectivity index (χ1) is 11.5. The Morgan fingerprint density at radius 1 is 1.21 bits per heavy atom. The molecule has 0 aliphatic carbocycles. The van der Waals surface area contributed by atoms with Crippen LogP contribution in [0.2, 0.25) is 0 Å². The molecule has 2 aromatic rings. The topological polar surface area (TPSA) is 75.6 Å². The second-order valence-corrected chi connectivity index (χ2v) is 6.42. The number of aryl methyl sites for hydroxylation is 2. The number of nitrogens with two attached hydrogens (primary N) is 1. The summed E-state index contributed by atoms with van der Waals surface area (Å²) < 4.78 is 5.25. The summed E-state index contributed by atoms with van der Waals surface area (Å²) in [6, 6.07) is 9.19. The Morgan fingerprint density at radius 3 is 2.46 bits per heavy atom. The van der Waals surface area contributed by atoms with Crippen molar-refractivity contribution in [2.75, 3.05) is 26.2 Å². The molecule has 0 radical (unpaired) electrons. The Kier molecular flexibility index (Phi) is 4.97. The molecule has 1 amide bonds. The van der Waals surface area contributed by atoms with Crippen LogP contribution in [0.15, 0.2) is 34.9 Å². The first-order valence-corrected chi connectivity index (χ1v) is 8.28. The molecule has 6 nitrogen and oxygen atoms in total. The monoisotopic (exact) mass is 328 g/mol. The lowest BCUT2D eigenvalue weighted by Crippen LogP contribution is -2.50. The Hall–Kier alpha value is -2.18. The molecule has 6 heteroatoms. The van der Waals surface area contributed by atoms with Crippen LogP contribution in [0, 0.1) is 13.8 Å². The van der Waals surface area contributed by atoms with E-state index in [9.17, 15) is 4.79 Å². The first kappa shape index (κ1) is 16.7. The van der Waals surface area contributed by atoms with Crippen molar-refractivity contribution in [3.05, 3.63) is 52.9 Å². The minimum atomic E-state index is -0.589. The quantitative estimate of drug-likeness (QED) is 0.923. The van der Waals surface area contributed by atoms with Gasteiger partial charge < -0.3 is 15.2 Å². The fraction of sp³-hybridized carbons (Fsp3) is 0.444. The highest BCUT2D eigenvalue weighted by Gasteiger charge is 2.26. The molecule has 1 aliphatic heterocycles. The lowest BCUT2D eigenvalue weighted by atomic mass is 10.0. The molecule has 1 aliphatic rings. The van der Waals surface area contributed by atoms with Crippen LogP contribution in [0.1, 0.15) is 28.6 Å². The molecule has 1 aromatic carbocycles. The number of carbonyl (C=O) groups excluding carboxylic acids is 1. The SMILES string of the molecule is Cc1ccc(C(N)C(=O)N2CCN(Cc3cc(C)no3)CC2)cc1. The molecule has 2 N–H and O–H groups in total. The summed E-state index contributed by atoms with van der Waals surface area (Å²) in [7, 11) is 0. The van der Waals surface area contributed by atoms with Crippen LogP contribution in [0.4, 0.5) is 0 Å². The largest absolute Gasteiger partial charge is 0.360 e. The van der Waals surface area contributed by atoms with E-state index < -0.39 is 6.04 Å². The van der Waals surface area contributed by atoms with E-state index in [1.165, 1.54) is 0 Å². The summed E-state index contributed by atoms with van der Waals surface area (Å²) in [6.45, 7) is 7.66. The van der Waals surface area contributed by atoms with Crippen molar-refractivity contribution < 1.29 is 9.32 Å². The van der Waals surface area contributed by atoms with Gasteiger partial charge >= 0.3 is 0 Å². The van der Waals surface area contributed by atoms with E-state index in [-0.39, 0.29) is 5.91 Å². The maximum absolute atomic E-state index is 12.6. The fourth-order valence-electron chi connectivity index (χ4n) is 2.95. The number of hydrogen-bond donors (Lipinski definition) is 1. The Labute approximate surface area is 142 Å². The van der Waals surface area contributed by atoms with Gasteiger partial charge in [0.05, 0.1) is 12.2 Å². The van der Waals surface area contributed by atoms with Crippen LogP contribution in [-0.4, -0.2) is 47.0 Å². The fourth-order valence-corrected chi connectivity index (χ4v) is 2.95. The standard InChI is InChI=1S/C18H24N4O2/c1-13-3-5-15(6-4-13)17(19)18(23)22-9-7-21(8-10-22)12-16-11-14(2)20-24-16/h3-6,11,17H,7-10,12,19H2,1-2H3. The predicted octanol–water partition coefficient (Wildman–Crippen LogP) is 1.64. The van der Waals surface area contributed by atoms with Gasteiger partial charge in [-0.05, 0) is 19.4 Å². The van der Waals surface area contributed by atoms with Crippen molar-refractivity contribution in [2.24, 2.45) is 5.73 Å². The number of piperazine rings is 1. The highest BCUT2D eigenvalue weighted by molar-refractivity contribution is 5.83. The third kappa shape index (κ3) is 3.83. The van der Waals surface area contributed by atoms with Crippen LogP contribution < -0.4 is 5.73 Å². The van der Waals surface area contributed by atoms with E-state index in [4.69, 9.17) is 10.3 Å². The van der Waals surface area contributed by atoms with Gasteiger partial charge in [-0.2, -0.15) is 0 Å². The van der Waals surface area contributed by atoms with Gasteiger partial charge in [-0.25, -0.2) is 0 Å². The van der Waals surface area contributed by atoms with Crippen LogP contribution in [0.25, 0.3) is 0 Å². The maximum atomic E-state index is 12.6. The summed E-state index contributed by atoms with van der Waals surface area (Å²) in [6.07, 6.45) is 0. The van der Waals surface area contributed by atoms with Crippen molar-refractivity contribution >= 4 is 5.91 Å². The summed E-state index contributed by atoms with van der Waals surface area (Å²) in [4.78, 5) is 16.7. The molecular formula is C18H24N4O2. The van der Waals surface area contributed by atoms with Gasteiger partial charge in [0.25, 0.3) is 0 Å². The average molecular weight is 328 g/mol. The zero-order chi connectivity index (χ0) is 17.1. The molecule has 0 bridgehead atoms. The highest BCUT2D eigenvalue weighted by atomic mass is 16.5. The number of rotatable bonds is 4. The number of amides is 1. The van der Waals surface area contributed by atoms with E-state index in [2.05, 4.69) is 10.1 Å². The highest BCUT2D eigenvalue weighted by Crippen LogP contribution is 2.16. The number of nitrogens with zero attached hydrogens (tertiary/aromatic N) is 3. The predicted molar refractivity (Wildman–Crippen MR) is 91.2 cm³/mol. The second kappa shape index (κ2) is 7.15. The molecule has 2 heterocycles. The van der Waals surface area contributed by atoms with Gasteiger partial charge in [0, 0.05) is 32.2 Å². The van der Waals surface area contributed by atoms with Gasteiger partial charge in [-0.1, -0.05) is 35.0 Å². The summed E-state index contributed by atoms with van der Waals surface area (Å²) in [5.41, 5.74) is 9.07. The van der Waals surface area contributed by atoms with E-state index in [0.717, 1.165) is 42.2 Å². The average Bonchev–Trinajstić information content (AvgIpc) is 3.00. The van der Waals surface area contributed by atoms with Crippen LogP contribution in [-0.2, 0) is 11.3 Å². The molecule has 0 spiro atoms. The van der Waals surface area contributed by atoms with Gasteiger partial charge in [-0.3, -0.25) is 9.69 Å². The lowest BCUT2D eigenvalue weighted by Gasteiger charge is -2.35. The summed E-state index contributed by atoms with van der Waals surface area (Å²) in [5, 5.41) is 3.91. The molecule has 128 valence electrons. The number of carbonyl (C=O) groups is 1. The third-order valence-corrected chi connectivity index (χ3v) is 4.44. The Balaban J connectivity index is 1.53. The summed E-state index contributed by atoms with van der Waals surface area (Å²) in [5.74, 6) is 0.859. The van der Waals surface area contributed by atoms with E-state index >= 15 is 0 Å². The van der Waals surface area contributed by atoms with Crippen molar-refractivity contribution in [1.82, 2.24) is 15.0 Å². The summed E-state index contributed by atoms with van der Waals surface area (Å²) >= 11 is 0. The van der Waals surface area contributed by atoms with E-state index in [0.29, 0.717) is 13.1 Å². The number of benzene rings is 1. The molecule has 1 unspecified atom stereocenters. The van der Waals surface area contributed by atoms with Crippen LogP contribution >= 0.6 is 0 Å². The van der Waals surface area contributed by atoms with Gasteiger partial charge in [0.2, 0.25) is 5.91 Å². The van der Waals surface area contributed by atoms with Gasteiger partial charge in [0.15, 0.2) is 5.76 Å². The maximum Gasteiger partial charge on any atom is 0.244 e. The molecule has 3 rings (SSSR count). The molecule has 1 fully saturated rings. The normalized spacial score (nSPS) is 17.0. The second-order valence-electron chi connectivity index (χ2n) is 6.42. The van der Waals surface area contributed by atoms with Crippen LogP contribution in [0.3, 0.4) is 0 Å². The number of hydrogen-bond acceptors (Lipinski definition) is 5. The van der Waals surface area contributed by atoms with E-state index in [1.54, 1.807) is 0 Å². The molecular weight excluding hydrogens is 304 g/mol. The molecule has 24 heavy (non-hydrogen) atoms. The van der Waals surface area contributed by atoms with Crippen molar-refractivity contribution in [2.45, 2.75) is 26.4 Å². The van der Waals surface area contributed by atoms with Gasteiger partial charge in [0.1, 0.15) is 6.04 Å². The molecule has 0 saturated carbocycles. The van der Waals surface area contributed by atoms with Crippen molar-refractivity contribution in [1.29, 1.82) is 0 Å². The first-order valence-electron chi connectivity index (χ1n) is 8.28. The van der Waals surface area contributed by atoms with E-state index in [1.807, 2.05) is 49.1 Å². The molecule has 1 atom stereocenters. The van der Waals surface area contributed by atoms with Crippen molar-refractivity contribution in [3.63, 3.8) is 0 Å². The lowest BCUT2D eigenvalue weighted by molar-refractivity contribution is -0.134. The minimum absolute atomic E-state index is 0.00554. The Morgan fingerprint density at radius 2 is 1.88 bits per heavy atom. The Bertz CT molecular complexity index is 687. The third-order valence-electron chi connectivity index (χ3n) is 4.44. The molecule has 1 aromatic heterocycles.